The maximum atomic E-state index is 11.6. The fourth-order valence-corrected chi connectivity index (χ4v) is 2.80. The van der Waals surface area contributed by atoms with Crippen LogP contribution in [0.25, 0.3) is 0 Å². The summed E-state index contributed by atoms with van der Waals surface area (Å²) < 4.78 is 10.4. The van der Waals surface area contributed by atoms with Crippen LogP contribution < -0.4 is 5.32 Å². The number of carbonyl (C=O) groups is 1. The Balaban J connectivity index is 2.13. The van der Waals surface area contributed by atoms with Crippen LogP contribution in [-0.2, 0) is 9.47 Å². The summed E-state index contributed by atoms with van der Waals surface area (Å²) in [6.45, 7) is 4.13. The number of carbonyl (C=O) groups excluding carboxylic acids is 1. The van der Waals surface area contributed by atoms with Crippen molar-refractivity contribution in [2.24, 2.45) is 0 Å². The lowest BCUT2D eigenvalue weighted by Crippen LogP contribution is -2.37. The zero-order chi connectivity index (χ0) is 14.7. The van der Waals surface area contributed by atoms with Crippen molar-refractivity contribution in [1.29, 1.82) is 0 Å². The Morgan fingerprint density at radius 3 is 2.60 bits per heavy atom. The molecule has 1 N–H and O–H groups in total. The van der Waals surface area contributed by atoms with Crippen LogP contribution in [0.4, 0.5) is 5.69 Å². The molecule has 0 saturated carbocycles. The largest absolute Gasteiger partial charge is 0.465 e. The molecule has 2 atom stereocenters. The molecule has 1 aromatic carbocycles. The molecule has 1 aromatic rings. The zero-order valence-corrected chi connectivity index (χ0v) is 12.7. The topological polar surface area (TPSA) is 47.6 Å². The lowest BCUT2D eigenvalue weighted by molar-refractivity contribution is -0.0337. The molecule has 110 valence electrons. The second-order valence-corrected chi connectivity index (χ2v) is 5.66. The highest BCUT2D eigenvalue weighted by Gasteiger charge is 2.24. The molecule has 0 bridgehead atoms. The van der Waals surface area contributed by atoms with Gasteiger partial charge in [-0.25, -0.2) is 4.79 Å². The van der Waals surface area contributed by atoms with E-state index in [2.05, 4.69) is 19.2 Å². The van der Waals surface area contributed by atoms with Crippen LogP contribution in [0.5, 0.6) is 0 Å². The van der Waals surface area contributed by atoms with E-state index in [1.165, 1.54) is 7.11 Å². The number of methoxy groups -OCH3 is 1. The van der Waals surface area contributed by atoms with E-state index in [0.717, 1.165) is 18.5 Å². The van der Waals surface area contributed by atoms with E-state index in [1.807, 2.05) is 0 Å². The summed E-state index contributed by atoms with van der Waals surface area (Å²) in [7, 11) is 1.37. The molecule has 0 amide bonds. The van der Waals surface area contributed by atoms with Gasteiger partial charge in [0.1, 0.15) is 0 Å². The molecule has 1 saturated heterocycles. The number of anilines is 1. The van der Waals surface area contributed by atoms with Crippen molar-refractivity contribution in [1.82, 2.24) is 0 Å². The van der Waals surface area contributed by atoms with Gasteiger partial charge >= 0.3 is 5.97 Å². The van der Waals surface area contributed by atoms with Crippen LogP contribution >= 0.6 is 11.6 Å². The van der Waals surface area contributed by atoms with Gasteiger partial charge in [-0.3, -0.25) is 0 Å². The highest BCUT2D eigenvalue weighted by molar-refractivity contribution is 6.33. The average molecular weight is 298 g/mol. The van der Waals surface area contributed by atoms with Gasteiger partial charge in [0.25, 0.3) is 0 Å². The minimum absolute atomic E-state index is 0.221. The van der Waals surface area contributed by atoms with Gasteiger partial charge in [0.2, 0.25) is 0 Å². The third-order valence-electron chi connectivity index (χ3n) is 3.44. The number of hydrogen-bond acceptors (Lipinski definition) is 4. The molecule has 5 heteroatoms. The summed E-state index contributed by atoms with van der Waals surface area (Å²) in [5.74, 6) is -0.363. The minimum atomic E-state index is -0.363. The molecule has 4 nitrogen and oxygen atoms in total. The van der Waals surface area contributed by atoms with E-state index < -0.39 is 0 Å². The number of esters is 1. The lowest BCUT2D eigenvalue weighted by atomic mass is 9.99. The molecule has 0 aromatic heterocycles. The maximum Gasteiger partial charge on any atom is 0.337 e. The first-order valence-electron chi connectivity index (χ1n) is 6.79. The average Bonchev–Trinajstić information content (AvgIpc) is 2.39. The van der Waals surface area contributed by atoms with Crippen LogP contribution in [0.15, 0.2) is 18.2 Å². The molecule has 1 aliphatic heterocycles. The van der Waals surface area contributed by atoms with Gasteiger partial charge in [0.15, 0.2) is 0 Å². The molecule has 1 fully saturated rings. The van der Waals surface area contributed by atoms with Gasteiger partial charge < -0.3 is 14.8 Å². The molecule has 1 aliphatic rings. The third-order valence-corrected chi connectivity index (χ3v) is 3.77. The summed E-state index contributed by atoms with van der Waals surface area (Å²) in [5, 5.41) is 4.01. The number of hydrogen-bond donors (Lipinski definition) is 1. The van der Waals surface area contributed by atoms with Crippen LogP contribution in [0.2, 0.25) is 5.02 Å². The molecule has 0 spiro atoms. The van der Waals surface area contributed by atoms with Crippen molar-refractivity contribution in [3.05, 3.63) is 28.8 Å². The van der Waals surface area contributed by atoms with Crippen LogP contribution in [0, 0.1) is 0 Å². The zero-order valence-electron chi connectivity index (χ0n) is 12.0. The van der Waals surface area contributed by atoms with Crippen molar-refractivity contribution in [2.45, 2.75) is 44.9 Å². The standard InChI is InChI=1S/C15H20ClNO3/c1-9-6-12(7-10(2)20-9)17-14-8-11(15(18)19-3)4-5-13(14)16/h4-5,8-10,12,17H,6-7H2,1-3H3. The first-order valence-corrected chi connectivity index (χ1v) is 7.17. The Kier molecular flexibility index (Phi) is 4.89. The molecule has 2 rings (SSSR count). The van der Waals surface area contributed by atoms with Crippen molar-refractivity contribution in [3.63, 3.8) is 0 Å². The van der Waals surface area contributed by atoms with Gasteiger partial charge in [-0.15, -0.1) is 0 Å². The van der Waals surface area contributed by atoms with Crippen molar-refractivity contribution in [3.8, 4) is 0 Å². The molecule has 2 unspecified atom stereocenters. The van der Waals surface area contributed by atoms with Crippen LogP contribution in [-0.4, -0.2) is 31.3 Å². The second kappa shape index (κ2) is 6.46. The lowest BCUT2D eigenvalue weighted by Gasteiger charge is -2.33. The number of ether oxygens (including phenoxy) is 2. The Morgan fingerprint density at radius 2 is 2.00 bits per heavy atom. The number of halogens is 1. The summed E-state index contributed by atoms with van der Waals surface area (Å²) in [6, 6.07) is 5.40. The molecular formula is C15H20ClNO3. The van der Waals surface area contributed by atoms with E-state index in [0.29, 0.717) is 16.6 Å². The minimum Gasteiger partial charge on any atom is -0.465 e. The van der Waals surface area contributed by atoms with E-state index in [-0.39, 0.29) is 18.2 Å². The fraction of sp³-hybridized carbons (Fsp3) is 0.533. The maximum absolute atomic E-state index is 11.6. The van der Waals surface area contributed by atoms with Gasteiger partial charge in [-0.2, -0.15) is 0 Å². The molecule has 0 aliphatic carbocycles. The molecule has 1 heterocycles. The first-order chi connectivity index (χ1) is 9.49. The number of nitrogens with one attached hydrogen (secondary N) is 1. The predicted molar refractivity (Wildman–Crippen MR) is 79.4 cm³/mol. The van der Waals surface area contributed by atoms with Crippen molar-refractivity contribution < 1.29 is 14.3 Å². The van der Waals surface area contributed by atoms with E-state index in [1.54, 1.807) is 18.2 Å². The van der Waals surface area contributed by atoms with Gasteiger partial charge in [0, 0.05) is 6.04 Å². The number of benzene rings is 1. The quantitative estimate of drug-likeness (QED) is 0.868. The summed E-state index contributed by atoms with van der Waals surface area (Å²) in [6.07, 6.45) is 2.28. The van der Waals surface area contributed by atoms with Crippen LogP contribution in [0.3, 0.4) is 0 Å². The predicted octanol–water partition coefficient (Wildman–Crippen LogP) is 3.49. The Hall–Kier alpha value is -1.26. The highest BCUT2D eigenvalue weighted by atomic mass is 35.5. The first kappa shape index (κ1) is 15.1. The van der Waals surface area contributed by atoms with Gasteiger partial charge in [0.05, 0.1) is 35.6 Å². The van der Waals surface area contributed by atoms with Gasteiger partial charge in [-0.05, 0) is 44.9 Å². The monoisotopic (exact) mass is 297 g/mol. The van der Waals surface area contributed by atoms with Crippen molar-refractivity contribution >= 4 is 23.3 Å². The Labute approximate surface area is 124 Å². The Morgan fingerprint density at radius 1 is 1.35 bits per heavy atom. The molecular weight excluding hydrogens is 278 g/mol. The number of rotatable bonds is 3. The summed E-state index contributed by atoms with van der Waals surface area (Å²) >= 11 is 6.19. The van der Waals surface area contributed by atoms with Crippen molar-refractivity contribution in [2.75, 3.05) is 12.4 Å². The van der Waals surface area contributed by atoms with Gasteiger partial charge in [-0.1, -0.05) is 11.6 Å². The van der Waals surface area contributed by atoms with Crippen LogP contribution in [0.1, 0.15) is 37.0 Å². The molecule has 20 heavy (non-hydrogen) atoms. The second-order valence-electron chi connectivity index (χ2n) is 5.26. The smallest absolute Gasteiger partial charge is 0.337 e. The molecule has 0 radical (unpaired) electrons. The fourth-order valence-electron chi connectivity index (χ4n) is 2.62. The highest BCUT2D eigenvalue weighted by Crippen LogP contribution is 2.28. The summed E-state index contributed by atoms with van der Waals surface area (Å²) in [4.78, 5) is 11.6. The normalized spacial score (nSPS) is 26.1. The SMILES string of the molecule is COC(=O)c1ccc(Cl)c(NC2CC(C)OC(C)C2)c1. The van der Waals surface area contributed by atoms with E-state index in [9.17, 15) is 4.79 Å². The van der Waals surface area contributed by atoms with E-state index >= 15 is 0 Å². The van der Waals surface area contributed by atoms with E-state index in [4.69, 9.17) is 21.1 Å². The third kappa shape index (κ3) is 3.64. The summed E-state index contributed by atoms with van der Waals surface area (Å²) in [5.41, 5.74) is 1.26. The Bertz CT molecular complexity index is 482.